The van der Waals surface area contributed by atoms with E-state index in [9.17, 15) is 9.90 Å². The van der Waals surface area contributed by atoms with Crippen molar-refractivity contribution in [2.45, 2.75) is 38.2 Å². The minimum Gasteiger partial charge on any atom is -0.393 e. The Balaban J connectivity index is 2.00. The molecule has 0 aliphatic heterocycles. The highest BCUT2D eigenvalue weighted by Crippen LogP contribution is 2.23. The summed E-state index contributed by atoms with van der Waals surface area (Å²) < 4.78 is 0. The summed E-state index contributed by atoms with van der Waals surface area (Å²) in [5.41, 5.74) is 0. The second kappa shape index (κ2) is 8.04. The van der Waals surface area contributed by atoms with Crippen LogP contribution in [-0.4, -0.2) is 36.8 Å². The number of aliphatic hydroxyl groups is 1. The number of nitriles is 1. The maximum absolute atomic E-state index is 11.3. The predicted molar refractivity (Wildman–Crippen MR) is 64.1 cm³/mol. The van der Waals surface area contributed by atoms with E-state index >= 15 is 0 Å². The number of nitrogens with zero attached hydrogens (tertiary/aromatic N) is 1. The number of hydrogen-bond donors (Lipinski definition) is 3. The number of carbonyl (C=O) groups is 1. The van der Waals surface area contributed by atoms with E-state index in [1.54, 1.807) is 0 Å². The molecular weight excluding hydrogens is 218 g/mol. The lowest BCUT2D eigenvalue weighted by molar-refractivity contribution is -0.120. The van der Waals surface area contributed by atoms with E-state index in [0.29, 0.717) is 25.4 Å². The number of nitrogens with one attached hydrogen (secondary N) is 2. The van der Waals surface area contributed by atoms with Gasteiger partial charge in [-0.3, -0.25) is 4.79 Å². The van der Waals surface area contributed by atoms with Crippen LogP contribution in [0, 0.1) is 17.2 Å². The number of aliphatic hydroxyl groups excluding tert-OH is 1. The maximum atomic E-state index is 11.3. The molecule has 5 heteroatoms. The molecule has 0 aromatic heterocycles. The third kappa shape index (κ3) is 6.25. The summed E-state index contributed by atoms with van der Waals surface area (Å²) in [4.78, 5) is 11.3. The summed E-state index contributed by atoms with van der Waals surface area (Å²) in [6.07, 6.45) is 4.04. The van der Waals surface area contributed by atoms with Crippen molar-refractivity contribution >= 4 is 5.91 Å². The summed E-state index contributed by atoms with van der Waals surface area (Å²) in [6.45, 7) is 1.56. The summed E-state index contributed by atoms with van der Waals surface area (Å²) in [5, 5.41) is 23.4. The maximum Gasteiger partial charge on any atom is 0.233 e. The Bertz CT molecular complexity index is 267. The molecule has 96 valence electrons. The van der Waals surface area contributed by atoms with Crippen LogP contribution in [0.1, 0.15) is 32.1 Å². The molecule has 0 atom stereocenters. The fourth-order valence-corrected chi connectivity index (χ4v) is 2.06. The van der Waals surface area contributed by atoms with Gasteiger partial charge in [-0.25, -0.2) is 0 Å². The average Bonchev–Trinajstić information content (AvgIpc) is 2.32. The zero-order valence-corrected chi connectivity index (χ0v) is 10.1. The number of amides is 1. The quantitative estimate of drug-likeness (QED) is 0.576. The van der Waals surface area contributed by atoms with Crippen molar-refractivity contribution in [2.24, 2.45) is 5.92 Å². The molecular formula is C12H21N3O2. The van der Waals surface area contributed by atoms with Gasteiger partial charge in [-0.05, 0) is 38.1 Å². The van der Waals surface area contributed by atoms with E-state index in [0.717, 1.165) is 32.2 Å². The zero-order chi connectivity index (χ0) is 12.5. The third-order valence-electron chi connectivity index (χ3n) is 3.09. The normalized spacial score (nSPS) is 24.0. The van der Waals surface area contributed by atoms with Crippen LogP contribution in [0.3, 0.4) is 0 Å². The molecule has 1 rings (SSSR count). The van der Waals surface area contributed by atoms with Gasteiger partial charge >= 0.3 is 0 Å². The Morgan fingerprint density at radius 2 is 2.06 bits per heavy atom. The van der Waals surface area contributed by atoms with E-state index < -0.39 is 0 Å². The molecule has 0 heterocycles. The van der Waals surface area contributed by atoms with Gasteiger partial charge in [0.1, 0.15) is 0 Å². The van der Waals surface area contributed by atoms with Gasteiger partial charge in [-0.1, -0.05) is 0 Å². The first-order valence-electron chi connectivity index (χ1n) is 6.24. The third-order valence-corrected chi connectivity index (χ3v) is 3.09. The Morgan fingerprint density at radius 3 is 2.71 bits per heavy atom. The molecule has 1 amide bonds. The molecule has 1 saturated carbocycles. The fraction of sp³-hybridized carbons (Fsp3) is 0.833. The molecule has 1 fully saturated rings. The van der Waals surface area contributed by atoms with E-state index in [2.05, 4.69) is 10.6 Å². The van der Waals surface area contributed by atoms with Crippen LogP contribution in [0.25, 0.3) is 0 Å². The van der Waals surface area contributed by atoms with Crippen molar-refractivity contribution < 1.29 is 9.90 Å². The first-order chi connectivity index (χ1) is 8.22. The lowest BCUT2D eigenvalue weighted by atomic mass is 9.87. The molecule has 1 aliphatic rings. The van der Waals surface area contributed by atoms with E-state index in [1.807, 2.05) is 6.07 Å². The predicted octanol–water partition coefficient (Wildman–Crippen LogP) is 0.157. The highest BCUT2D eigenvalue weighted by Gasteiger charge is 2.18. The fourth-order valence-electron chi connectivity index (χ4n) is 2.06. The Morgan fingerprint density at radius 1 is 1.35 bits per heavy atom. The SMILES string of the molecule is N#CCCNC(=O)CNCC1CCC(O)CC1. The van der Waals surface area contributed by atoms with E-state index in [4.69, 9.17) is 5.26 Å². The molecule has 3 N–H and O–H groups in total. The molecule has 1 aliphatic carbocycles. The largest absolute Gasteiger partial charge is 0.393 e. The van der Waals surface area contributed by atoms with Crippen LogP contribution < -0.4 is 10.6 Å². The van der Waals surface area contributed by atoms with Gasteiger partial charge in [0.25, 0.3) is 0 Å². The van der Waals surface area contributed by atoms with Gasteiger partial charge in [0.05, 0.1) is 25.1 Å². The minimum atomic E-state index is -0.125. The molecule has 0 unspecified atom stereocenters. The van der Waals surface area contributed by atoms with Gasteiger partial charge in [-0.2, -0.15) is 5.26 Å². The Labute approximate surface area is 102 Å². The van der Waals surface area contributed by atoms with Gasteiger partial charge in [-0.15, -0.1) is 0 Å². The lowest BCUT2D eigenvalue weighted by Crippen LogP contribution is -2.37. The van der Waals surface area contributed by atoms with Crippen molar-refractivity contribution in [3.05, 3.63) is 0 Å². The number of hydrogen-bond acceptors (Lipinski definition) is 4. The van der Waals surface area contributed by atoms with Crippen LogP contribution >= 0.6 is 0 Å². The van der Waals surface area contributed by atoms with E-state index in [-0.39, 0.29) is 12.0 Å². The molecule has 0 bridgehead atoms. The van der Waals surface area contributed by atoms with Crippen molar-refractivity contribution in [1.82, 2.24) is 10.6 Å². The van der Waals surface area contributed by atoms with E-state index in [1.165, 1.54) is 0 Å². The second-order valence-corrected chi connectivity index (χ2v) is 4.56. The van der Waals surface area contributed by atoms with Gasteiger partial charge in [0.2, 0.25) is 5.91 Å². The first kappa shape index (κ1) is 13.9. The standard InChI is InChI=1S/C12H21N3O2/c13-6-1-7-15-12(17)9-14-8-10-2-4-11(16)5-3-10/h10-11,14,16H,1-5,7-9H2,(H,15,17). The van der Waals surface area contributed by atoms with Crippen molar-refractivity contribution in [2.75, 3.05) is 19.6 Å². The number of carbonyl (C=O) groups excluding carboxylic acids is 1. The molecule has 17 heavy (non-hydrogen) atoms. The van der Waals surface area contributed by atoms with Crippen LogP contribution in [0.15, 0.2) is 0 Å². The topological polar surface area (TPSA) is 85.2 Å². The highest BCUT2D eigenvalue weighted by molar-refractivity contribution is 5.77. The Kier molecular flexibility index (Phi) is 6.60. The molecule has 0 radical (unpaired) electrons. The Hall–Kier alpha value is -1.12. The average molecular weight is 239 g/mol. The minimum absolute atomic E-state index is 0.0592. The van der Waals surface area contributed by atoms with Gasteiger partial charge in [0.15, 0.2) is 0 Å². The number of rotatable bonds is 6. The summed E-state index contributed by atoms with van der Waals surface area (Å²) >= 11 is 0. The monoisotopic (exact) mass is 239 g/mol. The summed E-state index contributed by atoms with van der Waals surface area (Å²) in [7, 11) is 0. The molecule has 0 aromatic carbocycles. The van der Waals surface area contributed by atoms with Crippen LogP contribution in [-0.2, 0) is 4.79 Å². The summed E-state index contributed by atoms with van der Waals surface area (Å²) in [6, 6.07) is 1.98. The summed E-state index contributed by atoms with van der Waals surface area (Å²) in [5.74, 6) is 0.515. The molecule has 0 spiro atoms. The van der Waals surface area contributed by atoms with Crippen molar-refractivity contribution in [3.8, 4) is 6.07 Å². The second-order valence-electron chi connectivity index (χ2n) is 4.56. The smallest absolute Gasteiger partial charge is 0.233 e. The van der Waals surface area contributed by atoms with Crippen LogP contribution in [0.2, 0.25) is 0 Å². The van der Waals surface area contributed by atoms with Crippen molar-refractivity contribution in [3.63, 3.8) is 0 Å². The zero-order valence-electron chi connectivity index (χ0n) is 10.1. The van der Waals surface area contributed by atoms with Crippen LogP contribution in [0.4, 0.5) is 0 Å². The van der Waals surface area contributed by atoms with Crippen LogP contribution in [0.5, 0.6) is 0 Å². The molecule has 5 nitrogen and oxygen atoms in total. The molecule has 0 saturated heterocycles. The van der Waals surface area contributed by atoms with Gasteiger partial charge in [0, 0.05) is 6.54 Å². The highest BCUT2D eigenvalue weighted by atomic mass is 16.3. The molecule has 0 aromatic rings. The van der Waals surface area contributed by atoms with Gasteiger partial charge < -0.3 is 15.7 Å². The first-order valence-corrected chi connectivity index (χ1v) is 6.24. The lowest BCUT2D eigenvalue weighted by Gasteiger charge is -2.25. The van der Waals surface area contributed by atoms with Crippen molar-refractivity contribution in [1.29, 1.82) is 5.26 Å².